The van der Waals surface area contributed by atoms with Gasteiger partial charge in [-0.15, -0.1) is 0 Å². The smallest absolute Gasteiger partial charge is 0.298 e. The van der Waals surface area contributed by atoms with Crippen molar-refractivity contribution < 1.29 is 18.3 Å². The van der Waals surface area contributed by atoms with Crippen molar-refractivity contribution in [1.29, 1.82) is 0 Å². The van der Waals surface area contributed by atoms with Crippen molar-refractivity contribution in [2.24, 2.45) is 0 Å². The van der Waals surface area contributed by atoms with Crippen LogP contribution in [0.5, 0.6) is 11.5 Å². The van der Waals surface area contributed by atoms with Gasteiger partial charge in [0, 0.05) is 11.1 Å². The fraction of sp³-hybridized carbons (Fsp3) is 0.238. The minimum atomic E-state index is -3.10. The van der Waals surface area contributed by atoms with Gasteiger partial charge in [-0.05, 0) is 73.5 Å². The summed E-state index contributed by atoms with van der Waals surface area (Å²) >= 11 is 0. The summed E-state index contributed by atoms with van der Waals surface area (Å²) < 4.78 is 40.2. The average Bonchev–Trinajstić information content (AvgIpc) is 2.59. The Balaban J connectivity index is 2.11. The third kappa shape index (κ3) is 5.18. The Morgan fingerprint density at radius 3 is 1.36 bits per heavy atom. The molecular weight excluding hydrogens is 322 g/mol. The van der Waals surface area contributed by atoms with Gasteiger partial charge in [0.05, 0.1) is 0 Å². The number of hydrogen-bond donors (Lipinski definition) is 0. The third-order valence-electron chi connectivity index (χ3n) is 3.40. The minimum absolute atomic E-state index is 0.0919. The number of benzene rings is 2. The summed E-state index contributed by atoms with van der Waals surface area (Å²) in [6, 6.07) is 11.6. The first-order valence-corrected chi connectivity index (χ1v) is 7.92. The van der Waals surface area contributed by atoms with E-state index in [0.29, 0.717) is 24.7 Å². The van der Waals surface area contributed by atoms with E-state index >= 15 is 0 Å². The summed E-state index contributed by atoms with van der Waals surface area (Å²) in [5.41, 5.74) is 1.54. The molecule has 0 fully saturated rings. The second-order valence-electron chi connectivity index (χ2n) is 6.11. The van der Waals surface area contributed by atoms with Crippen molar-refractivity contribution in [3.8, 4) is 11.5 Å². The van der Waals surface area contributed by atoms with Crippen molar-refractivity contribution in [2.45, 2.75) is 19.8 Å². The van der Waals surface area contributed by atoms with E-state index in [4.69, 9.17) is 9.47 Å². The highest BCUT2D eigenvalue weighted by Crippen LogP contribution is 2.37. The highest BCUT2D eigenvalue weighted by molar-refractivity contribution is 5.39. The van der Waals surface area contributed by atoms with Gasteiger partial charge >= 0.3 is 0 Å². The van der Waals surface area contributed by atoms with Crippen LogP contribution in [-0.4, -0.2) is 13.2 Å². The standard InChI is InChI=1S/C21H22F2O2/c1-15(2)13-24-19-9-5-17(6-10-19)21(22,23)18-7-11-20(12-8-18)25-14-16(3)4/h5-12H,1,3,13-14H2,2,4H3. The van der Waals surface area contributed by atoms with Crippen LogP contribution in [0.3, 0.4) is 0 Å². The van der Waals surface area contributed by atoms with Gasteiger partial charge in [0.2, 0.25) is 0 Å². The van der Waals surface area contributed by atoms with Crippen molar-refractivity contribution >= 4 is 0 Å². The molecule has 2 aromatic rings. The minimum Gasteiger partial charge on any atom is -0.489 e. The largest absolute Gasteiger partial charge is 0.489 e. The fourth-order valence-corrected chi connectivity index (χ4v) is 2.10. The lowest BCUT2D eigenvalue weighted by molar-refractivity contribution is 0.0427. The van der Waals surface area contributed by atoms with Gasteiger partial charge in [-0.2, -0.15) is 8.78 Å². The van der Waals surface area contributed by atoms with E-state index in [1.807, 2.05) is 13.8 Å². The molecule has 0 amide bonds. The molecule has 2 nitrogen and oxygen atoms in total. The van der Waals surface area contributed by atoms with Crippen LogP contribution in [0.4, 0.5) is 8.78 Å². The van der Waals surface area contributed by atoms with E-state index in [0.717, 1.165) is 11.1 Å². The molecule has 2 aromatic carbocycles. The van der Waals surface area contributed by atoms with Crippen LogP contribution >= 0.6 is 0 Å². The van der Waals surface area contributed by atoms with Crippen molar-refractivity contribution in [2.75, 3.05) is 13.2 Å². The molecule has 0 radical (unpaired) electrons. The molecule has 4 heteroatoms. The first-order valence-electron chi connectivity index (χ1n) is 7.92. The lowest BCUT2D eigenvalue weighted by Gasteiger charge is -2.18. The highest BCUT2D eigenvalue weighted by Gasteiger charge is 2.33. The van der Waals surface area contributed by atoms with Crippen molar-refractivity contribution in [3.05, 3.63) is 84.0 Å². The Labute approximate surface area is 147 Å². The zero-order chi connectivity index (χ0) is 18.4. The topological polar surface area (TPSA) is 18.5 Å². The molecule has 0 heterocycles. The fourth-order valence-electron chi connectivity index (χ4n) is 2.10. The molecule has 0 aliphatic carbocycles. The zero-order valence-electron chi connectivity index (χ0n) is 14.5. The third-order valence-corrected chi connectivity index (χ3v) is 3.40. The molecule has 25 heavy (non-hydrogen) atoms. The van der Waals surface area contributed by atoms with E-state index in [-0.39, 0.29) is 11.1 Å². The number of rotatable bonds is 8. The summed E-state index contributed by atoms with van der Waals surface area (Å²) in [7, 11) is 0. The second kappa shape index (κ2) is 7.97. The molecule has 0 bridgehead atoms. The van der Waals surface area contributed by atoms with E-state index in [1.54, 1.807) is 0 Å². The first-order chi connectivity index (χ1) is 11.8. The van der Waals surface area contributed by atoms with E-state index in [1.165, 1.54) is 48.5 Å². The van der Waals surface area contributed by atoms with E-state index < -0.39 is 5.92 Å². The molecule has 0 saturated carbocycles. The van der Waals surface area contributed by atoms with Crippen LogP contribution in [0.1, 0.15) is 25.0 Å². The molecule has 2 rings (SSSR count). The Morgan fingerprint density at radius 1 is 0.760 bits per heavy atom. The van der Waals surface area contributed by atoms with Gasteiger partial charge in [-0.25, -0.2) is 0 Å². The summed E-state index contributed by atoms with van der Waals surface area (Å²) in [6.45, 7) is 11.9. The number of ether oxygens (including phenoxy) is 2. The molecule has 0 spiro atoms. The molecule has 0 aliphatic rings. The predicted octanol–water partition coefficient (Wildman–Crippen LogP) is 5.74. The lowest BCUT2D eigenvalue weighted by Crippen LogP contribution is -2.15. The maximum atomic E-state index is 14.7. The van der Waals surface area contributed by atoms with Gasteiger partial charge < -0.3 is 9.47 Å². The molecular formula is C21H22F2O2. The zero-order valence-corrected chi connectivity index (χ0v) is 14.5. The van der Waals surface area contributed by atoms with Crippen LogP contribution in [0.15, 0.2) is 72.8 Å². The van der Waals surface area contributed by atoms with E-state index in [9.17, 15) is 8.78 Å². The summed E-state index contributed by atoms with van der Waals surface area (Å²) in [4.78, 5) is 0. The van der Waals surface area contributed by atoms with E-state index in [2.05, 4.69) is 13.2 Å². The van der Waals surface area contributed by atoms with Crippen molar-refractivity contribution in [1.82, 2.24) is 0 Å². The molecule has 0 aromatic heterocycles. The number of hydrogen-bond acceptors (Lipinski definition) is 2. The van der Waals surface area contributed by atoms with Crippen LogP contribution in [-0.2, 0) is 5.92 Å². The van der Waals surface area contributed by atoms with Crippen molar-refractivity contribution in [3.63, 3.8) is 0 Å². The molecule has 132 valence electrons. The Kier molecular flexibility index (Phi) is 5.97. The second-order valence-corrected chi connectivity index (χ2v) is 6.11. The van der Waals surface area contributed by atoms with Crippen LogP contribution in [0, 0.1) is 0 Å². The van der Waals surface area contributed by atoms with Gasteiger partial charge in [0.1, 0.15) is 24.7 Å². The maximum Gasteiger partial charge on any atom is 0.298 e. The number of halogens is 2. The summed E-state index contributed by atoms with van der Waals surface area (Å²) in [5, 5.41) is 0. The normalized spacial score (nSPS) is 11.0. The predicted molar refractivity (Wildman–Crippen MR) is 96.5 cm³/mol. The monoisotopic (exact) mass is 344 g/mol. The van der Waals surface area contributed by atoms with Gasteiger partial charge in [-0.1, -0.05) is 13.2 Å². The molecule has 0 unspecified atom stereocenters. The van der Waals surface area contributed by atoms with Crippen LogP contribution < -0.4 is 9.47 Å². The Bertz CT molecular complexity index is 668. The van der Waals surface area contributed by atoms with Gasteiger partial charge in [-0.3, -0.25) is 0 Å². The Hall–Kier alpha value is -2.62. The van der Waals surface area contributed by atoms with Crippen LogP contribution in [0.25, 0.3) is 0 Å². The highest BCUT2D eigenvalue weighted by atomic mass is 19.3. The SMILES string of the molecule is C=C(C)COc1ccc(C(F)(F)c2ccc(OCC(=C)C)cc2)cc1. The summed E-state index contributed by atoms with van der Waals surface area (Å²) in [5.74, 6) is -2.03. The molecule has 0 aliphatic heterocycles. The molecule has 0 saturated heterocycles. The molecule has 0 N–H and O–H groups in total. The first kappa shape index (κ1) is 18.7. The maximum absolute atomic E-state index is 14.7. The average molecular weight is 344 g/mol. The lowest BCUT2D eigenvalue weighted by atomic mass is 10.0. The molecule has 0 atom stereocenters. The van der Waals surface area contributed by atoms with Crippen LogP contribution in [0.2, 0.25) is 0 Å². The van der Waals surface area contributed by atoms with Gasteiger partial charge in [0.25, 0.3) is 5.92 Å². The van der Waals surface area contributed by atoms with Gasteiger partial charge in [0.15, 0.2) is 0 Å². The summed E-state index contributed by atoms with van der Waals surface area (Å²) in [6.07, 6.45) is 0. The quantitative estimate of drug-likeness (QED) is 0.569. The number of alkyl halides is 2. The Morgan fingerprint density at radius 2 is 1.08 bits per heavy atom.